The monoisotopic (exact) mass is 478 g/mol. The fourth-order valence-electron chi connectivity index (χ4n) is 3.55. The predicted octanol–water partition coefficient (Wildman–Crippen LogP) is 3.94. The molecule has 0 radical (unpaired) electrons. The summed E-state index contributed by atoms with van der Waals surface area (Å²) in [5.74, 6) is -1.91. The summed E-state index contributed by atoms with van der Waals surface area (Å²) in [6, 6.07) is 17.8. The number of nitrogens with zero attached hydrogens (tertiary/aromatic N) is 1. The first-order valence-corrected chi connectivity index (χ1v) is 10.6. The zero-order chi connectivity index (χ0) is 24.2. The molecule has 1 aliphatic heterocycles. The number of carbonyl (C=O) groups excluding carboxylic acids is 4. The normalized spacial score (nSPS) is 12.4. The number of nitrogens with one attached hydrogen (secondary N) is 1. The highest BCUT2D eigenvalue weighted by molar-refractivity contribution is 6.30. The second-order valence-electron chi connectivity index (χ2n) is 7.41. The second-order valence-corrected chi connectivity index (χ2v) is 7.85. The number of amides is 3. The van der Waals surface area contributed by atoms with Crippen LogP contribution >= 0.6 is 11.6 Å². The SMILES string of the molecule is COc1ccc(CN2C(=O)c3ccccc3C2=O)cc1C(=O)OCC(=O)Nc1cccc(Cl)c1. The van der Waals surface area contributed by atoms with Crippen LogP contribution in [0.3, 0.4) is 0 Å². The molecule has 0 bridgehead atoms. The third-order valence-electron chi connectivity index (χ3n) is 5.15. The minimum absolute atomic E-state index is 0.0358. The van der Waals surface area contributed by atoms with Crippen LogP contribution in [0.5, 0.6) is 5.75 Å². The Morgan fingerprint density at radius 3 is 2.29 bits per heavy atom. The van der Waals surface area contributed by atoms with Crippen molar-refractivity contribution >= 4 is 41.0 Å². The van der Waals surface area contributed by atoms with E-state index in [-0.39, 0.29) is 17.9 Å². The Kier molecular flexibility index (Phi) is 6.60. The molecule has 4 rings (SSSR count). The Balaban J connectivity index is 1.45. The van der Waals surface area contributed by atoms with Crippen molar-refractivity contribution in [2.75, 3.05) is 19.0 Å². The van der Waals surface area contributed by atoms with Crippen molar-refractivity contribution < 1.29 is 28.7 Å². The maximum absolute atomic E-state index is 12.7. The number of esters is 1. The van der Waals surface area contributed by atoms with Gasteiger partial charge in [0.1, 0.15) is 11.3 Å². The smallest absolute Gasteiger partial charge is 0.342 e. The van der Waals surface area contributed by atoms with E-state index in [9.17, 15) is 19.2 Å². The standard InChI is InChI=1S/C25H19ClN2O6/c1-33-21-10-9-15(13-28-23(30)18-7-2-3-8-19(18)24(28)31)11-20(21)25(32)34-14-22(29)27-17-6-4-5-16(26)12-17/h2-12H,13-14H2,1H3,(H,27,29). The summed E-state index contributed by atoms with van der Waals surface area (Å²) >= 11 is 5.89. The van der Waals surface area contributed by atoms with Crippen molar-refractivity contribution in [2.45, 2.75) is 6.54 Å². The molecule has 34 heavy (non-hydrogen) atoms. The van der Waals surface area contributed by atoms with Gasteiger partial charge in [-0.25, -0.2) is 4.79 Å². The number of anilines is 1. The quantitative estimate of drug-likeness (QED) is 0.407. The average Bonchev–Trinajstić information content (AvgIpc) is 3.07. The van der Waals surface area contributed by atoms with Gasteiger partial charge in [-0.3, -0.25) is 19.3 Å². The summed E-state index contributed by atoms with van der Waals surface area (Å²) in [7, 11) is 1.39. The minimum atomic E-state index is -0.790. The molecule has 0 fully saturated rings. The highest BCUT2D eigenvalue weighted by Gasteiger charge is 2.35. The molecule has 0 spiro atoms. The molecule has 1 aliphatic rings. The van der Waals surface area contributed by atoms with Crippen molar-refractivity contribution in [3.63, 3.8) is 0 Å². The summed E-state index contributed by atoms with van der Waals surface area (Å²) in [5.41, 5.74) is 1.73. The number of benzene rings is 3. The summed E-state index contributed by atoms with van der Waals surface area (Å²) in [5, 5.41) is 3.04. The lowest BCUT2D eigenvalue weighted by molar-refractivity contribution is -0.119. The number of methoxy groups -OCH3 is 1. The van der Waals surface area contributed by atoms with Gasteiger partial charge in [0, 0.05) is 10.7 Å². The van der Waals surface area contributed by atoms with E-state index < -0.39 is 30.3 Å². The fraction of sp³-hybridized carbons (Fsp3) is 0.120. The maximum Gasteiger partial charge on any atom is 0.342 e. The largest absolute Gasteiger partial charge is 0.496 e. The molecule has 1 N–H and O–H groups in total. The maximum atomic E-state index is 12.7. The molecule has 3 aromatic carbocycles. The lowest BCUT2D eigenvalue weighted by atomic mass is 10.1. The summed E-state index contributed by atoms with van der Waals surface area (Å²) < 4.78 is 10.4. The molecule has 0 atom stereocenters. The average molecular weight is 479 g/mol. The lowest BCUT2D eigenvalue weighted by Crippen LogP contribution is -2.29. The zero-order valence-corrected chi connectivity index (χ0v) is 18.8. The molecule has 8 nitrogen and oxygen atoms in total. The summed E-state index contributed by atoms with van der Waals surface area (Å²) in [6.07, 6.45) is 0. The zero-order valence-electron chi connectivity index (χ0n) is 18.0. The van der Waals surface area contributed by atoms with Gasteiger partial charge in [0.25, 0.3) is 17.7 Å². The Hall–Kier alpha value is -4.17. The predicted molar refractivity (Wildman–Crippen MR) is 124 cm³/mol. The van der Waals surface area contributed by atoms with Crippen LogP contribution in [-0.2, 0) is 16.1 Å². The fourth-order valence-corrected chi connectivity index (χ4v) is 3.74. The van der Waals surface area contributed by atoms with Crippen LogP contribution in [0.2, 0.25) is 5.02 Å². The number of hydrogen-bond acceptors (Lipinski definition) is 6. The van der Waals surface area contributed by atoms with Gasteiger partial charge in [-0.2, -0.15) is 0 Å². The van der Waals surface area contributed by atoms with Gasteiger partial charge >= 0.3 is 5.97 Å². The van der Waals surface area contributed by atoms with E-state index in [0.29, 0.717) is 27.4 Å². The Bertz CT molecular complexity index is 1270. The van der Waals surface area contributed by atoms with Gasteiger partial charge in [0.05, 0.1) is 24.8 Å². The third-order valence-corrected chi connectivity index (χ3v) is 5.38. The van der Waals surface area contributed by atoms with E-state index in [1.165, 1.54) is 19.2 Å². The highest BCUT2D eigenvalue weighted by atomic mass is 35.5. The third kappa shape index (κ3) is 4.77. The number of carbonyl (C=O) groups is 4. The highest BCUT2D eigenvalue weighted by Crippen LogP contribution is 2.27. The van der Waals surface area contributed by atoms with Crippen LogP contribution in [-0.4, -0.2) is 42.3 Å². The van der Waals surface area contributed by atoms with Gasteiger partial charge in [0.15, 0.2) is 6.61 Å². The Morgan fingerprint density at radius 2 is 1.65 bits per heavy atom. The topological polar surface area (TPSA) is 102 Å². The number of fused-ring (bicyclic) bond motifs is 1. The molecular formula is C25H19ClN2O6. The lowest BCUT2D eigenvalue weighted by Gasteiger charge is -2.16. The number of imide groups is 1. The number of rotatable bonds is 7. The van der Waals surface area contributed by atoms with Crippen molar-refractivity contribution in [3.05, 3.63) is 94.0 Å². The van der Waals surface area contributed by atoms with Gasteiger partial charge < -0.3 is 14.8 Å². The first kappa shape index (κ1) is 23.0. The molecule has 0 unspecified atom stereocenters. The van der Waals surface area contributed by atoms with Gasteiger partial charge in [0.2, 0.25) is 0 Å². The number of halogens is 1. The van der Waals surface area contributed by atoms with E-state index in [1.54, 1.807) is 54.6 Å². The molecule has 9 heteroatoms. The van der Waals surface area contributed by atoms with E-state index >= 15 is 0 Å². The van der Waals surface area contributed by atoms with Crippen molar-refractivity contribution in [1.29, 1.82) is 0 Å². The van der Waals surface area contributed by atoms with E-state index in [0.717, 1.165) is 4.90 Å². The molecule has 1 heterocycles. The molecule has 3 amide bonds. The molecule has 0 aliphatic carbocycles. The first-order valence-electron chi connectivity index (χ1n) is 10.2. The second kappa shape index (κ2) is 9.76. The van der Waals surface area contributed by atoms with Gasteiger partial charge in [-0.15, -0.1) is 0 Å². The van der Waals surface area contributed by atoms with Crippen LogP contribution in [0, 0.1) is 0 Å². The summed E-state index contributed by atoms with van der Waals surface area (Å²) in [6.45, 7) is -0.566. The Morgan fingerprint density at radius 1 is 0.941 bits per heavy atom. The van der Waals surface area contributed by atoms with Crippen LogP contribution in [0.25, 0.3) is 0 Å². The minimum Gasteiger partial charge on any atom is -0.496 e. The van der Waals surface area contributed by atoms with E-state index in [1.807, 2.05) is 0 Å². The van der Waals surface area contributed by atoms with E-state index in [2.05, 4.69) is 5.32 Å². The molecule has 3 aromatic rings. The number of hydrogen-bond donors (Lipinski definition) is 1. The van der Waals surface area contributed by atoms with Gasteiger partial charge in [-0.05, 0) is 48.0 Å². The van der Waals surface area contributed by atoms with Crippen molar-refractivity contribution in [1.82, 2.24) is 4.90 Å². The van der Waals surface area contributed by atoms with Crippen molar-refractivity contribution in [3.8, 4) is 5.75 Å². The van der Waals surface area contributed by atoms with Crippen LogP contribution in [0.15, 0.2) is 66.7 Å². The van der Waals surface area contributed by atoms with Gasteiger partial charge in [-0.1, -0.05) is 35.9 Å². The van der Waals surface area contributed by atoms with Crippen LogP contribution < -0.4 is 10.1 Å². The molecule has 0 saturated carbocycles. The summed E-state index contributed by atoms with van der Waals surface area (Å²) in [4.78, 5) is 51.2. The molecule has 0 saturated heterocycles. The first-order chi connectivity index (χ1) is 16.4. The van der Waals surface area contributed by atoms with Crippen molar-refractivity contribution in [2.24, 2.45) is 0 Å². The molecular weight excluding hydrogens is 460 g/mol. The van der Waals surface area contributed by atoms with Crippen LogP contribution in [0.4, 0.5) is 5.69 Å². The van der Waals surface area contributed by atoms with E-state index in [4.69, 9.17) is 21.1 Å². The molecule has 172 valence electrons. The Labute approximate surface area is 200 Å². The number of ether oxygens (including phenoxy) is 2. The van der Waals surface area contributed by atoms with Crippen LogP contribution in [0.1, 0.15) is 36.6 Å². The molecule has 0 aromatic heterocycles.